The summed E-state index contributed by atoms with van der Waals surface area (Å²) in [5.41, 5.74) is -1.19. The summed E-state index contributed by atoms with van der Waals surface area (Å²) in [5.74, 6) is -1.11. The summed E-state index contributed by atoms with van der Waals surface area (Å²) in [6.45, 7) is 1.35. The van der Waals surface area contributed by atoms with Crippen molar-refractivity contribution >= 4 is 15.9 Å². The molecular weight excluding hydrogens is 292 g/mol. The molecule has 1 aromatic carbocycles. The Bertz CT molecular complexity index is 431. The second-order valence-electron chi connectivity index (χ2n) is 4.58. The molecule has 1 aliphatic rings. The van der Waals surface area contributed by atoms with E-state index in [2.05, 4.69) is 20.8 Å². The average molecular weight is 306 g/mol. The molecule has 2 nitrogen and oxygen atoms in total. The number of rotatable bonds is 1. The zero-order chi connectivity index (χ0) is 12.6. The predicted octanol–water partition coefficient (Wildman–Crippen LogP) is 2.64. The van der Waals surface area contributed by atoms with Crippen LogP contribution < -0.4 is 0 Å². The number of nitrogens with zero attached hydrogens (tertiary/aromatic N) is 1. The van der Waals surface area contributed by atoms with Crippen molar-refractivity contribution in [2.24, 2.45) is 0 Å². The summed E-state index contributed by atoms with van der Waals surface area (Å²) in [4.78, 5) is 2.06. The van der Waals surface area contributed by atoms with Crippen LogP contribution in [0, 0.1) is 11.6 Å². The van der Waals surface area contributed by atoms with Crippen molar-refractivity contribution in [2.45, 2.75) is 18.4 Å². The molecule has 0 atom stereocenters. The van der Waals surface area contributed by atoms with Crippen LogP contribution >= 0.6 is 15.9 Å². The lowest BCUT2D eigenvalue weighted by Crippen LogP contribution is -2.41. The van der Waals surface area contributed by atoms with Crippen LogP contribution in [0.3, 0.4) is 0 Å². The molecule has 0 aromatic heterocycles. The lowest BCUT2D eigenvalue weighted by atomic mass is 9.84. The molecular formula is C12H14BrF2NO. The van der Waals surface area contributed by atoms with Gasteiger partial charge >= 0.3 is 0 Å². The number of hydrogen-bond donors (Lipinski definition) is 1. The minimum Gasteiger partial charge on any atom is -0.385 e. The van der Waals surface area contributed by atoms with E-state index in [-0.39, 0.29) is 10.0 Å². The van der Waals surface area contributed by atoms with Gasteiger partial charge in [0.25, 0.3) is 0 Å². The van der Waals surface area contributed by atoms with Crippen molar-refractivity contribution in [1.82, 2.24) is 4.90 Å². The highest BCUT2D eigenvalue weighted by atomic mass is 79.9. The van der Waals surface area contributed by atoms with Crippen LogP contribution in [0.4, 0.5) is 8.78 Å². The van der Waals surface area contributed by atoms with Gasteiger partial charge in [-0.2, -0.15) is 0 Å². The highest BCUT2D eigenvalue weighted by Gasteiger charge is 2.35. The molecule has 0 spiro atoms. The van der Waals surface area contributed by atoms with Crippen molar-refractivity contribution < 1.29 is 13.9 Å². The molecule has 0 saturated carbocycles. The van der Waals surface area contributed by atoms with E-state index in [0.717, 1.165) is 12.1 Å². The molecule has 0 radical (unpaired) electrons. The monoisotopic (exact) mass is 305 g/mol. The van der Waals surface area contributed by atoms with Crippen LogP contribution in [-0.2, 0) is 5.60 Å². The molecule has 17 heavy (non-hydrogen) atoms. The molecule has 1 aliphatic heterocycles. The third-order valence-corrected chi connectivity index (χ3v) is 3.93. The van der Waals surface area contributed by atoms with Crippen LogP contribution in [-0.4, -0.2) is 30.1 Å². The molecule has 1 aromatic rings. The quantitative estimate of drug-likeness (QED) is 0.806. The summed E-state index contributed by atoms with van der Waals surface area (Å²) in [6, 6.07) is 2.16. The minimum absolute atomic E-state index is 0.0614. The minimum atomic E-state index is -1.25. The normalized spacial score (nSPS) is 20.5. The molecule has 1 saturated heterocycles. The maximum absolute atomic E-state index is 13.8. The average Bonchev–Trinajstić information content (AvgIpc) is 2.28. The van der Waals surface area contributed by atoms with Crippen molar-refractivity contribution in [3.05, 3.63) is 33.8 Å². The van der Waals surface area contributed by atoms with Crippen molar-refractivity contribution in [3.8, 4) is 0 Å². The third kappa shape index (κ3) is 2.51. The topological polar surface area (TPSA) is 23.5 Å². The van der Waals surface area contributed by atoms with Gasteiger partial charge < -0.3 is 10.0 Å². The fourth-order valence-corrected chi connectivity index (χ4v) is 2.45. The zero-order valence-corrected chi connectivity index (χ0v) is 11.1. The summed E-state index contributed by atoms with van der Waals surface area (Å²) in [7, 11) is 1.94. The van der Waals surface area contributed by atoms with Crippen LogP contribution in [0.15, 0.2) is 16.6 Å². The smallest absolute Gasteiger partial charge is 0.137 e. The van der Waals surface area contributed by atoms with Gasteiger partial charge in [-0.1, -0.05) is 0 Å². The molecule has 2 rings (SSSR count). The lowest BCUT2D eigenvalue weighted by Gasteiger charge is -2.37. The SMILES string of the molecule is CN1CCC(O)(c2cc(F)c(Br)cc2F)CC1. The molecule has 1 N–H and O–H groups in total. The Morgan fingerprint density at radius 1 is 1.24 bits per heavy atom. The van der Waals surface area contributed by atoms with Crippen LogP contribution in [0.1, 0.15) is 18.4 Å². The molecule has 1 fully saturated rings. The van der Waals surface area contributed by atoms with E-state index in [1.54, 1.807) is 0 Å². The zero-order valence-electron chi connectivity index (χ0n) is 9.51. The Morgan fingerprint density at radius 2 is 1.82 bits per heavy atom. The third-order valence-electron chi connectivity index (χ3n) is 3.33. The number of piperidine rings is 1. The Kier molecular flexibility index (Phi) is 3.52. The molecule has 0 aliphatic carbocycles. The van der Waals surface area contributed by atoms with Crippen LogP contribution in [0.5, 0.6) is 0 Å². The van der Waals surface area contributed by atoms with E-state index in [4.69, 9.17) is 0 Å². The molecule has 0 amide bonds. The first-order valence-corrected chi connectivity index (χ1v) is 6.28. The first-order valence-electron chi connectivity index (χ1n) is 5.48. The molecule has 94 valence electrons. The standard InChI is InChI=1S/C12H14BrF2NO/c1-16-4-2-12(17,3-5-16)8-6-11(15)9(13)7-10(8)14/h6-7,17H,2-5H2,1H3. The van der Waals surface area contributed by atoms with Gasteiger partial charge in [0.05, 0.1) is 10.1 Å². The summed E-state index contributed by atoms with van der Waals surface area (Å²) < 4.78 is 27.3. The maximum atomic E-state index is 13.8. The first kappa shape index (κ1) is 12.9. The highest BCUT2D eigenvalue weighted by Crippen LogP contribution is 2.35. The Morgan fingerprint density at radius 3 is 2.41 bits per heavy atom. The van der Waals surface area contributed by atoms with Gasteiger partial charge in [-0.25, -0.2) is 8.78 Å². The molecule has 5 heteroatoms. The Balaban J connectivity index is 2.36. The van der Waals surface area contributed by atoms with Gasteiger partial charge in [0, 0.05) is 18.7 Å². The Labute approximate surface area is 107 Å². The van der Waals surface area contributed by atoms with Gasteiger partial charge in [-0.15, -0.1) is 0 Å². The number of aliphatic hydroxyl groups is 1. The summed E-state index contributed by atoms with van der Waals surface area (Å²) in [5, 5.41) is 10.4. The van der Waals surface area contributed by atoms with E-state index in [0.29, 0.717) is 25.9 Å². The summed E-state index contributed by atoms with van der Waals surface area (Å²) >= 11 is 2.93. The number of benzene rings is 1. The van der Waals surface area contributed by atoms with Crippen LogP contribution in [0.2, 0.25) is 0 Å². The van der Waals surface area contributed by atoms with Gasteiger partial charge in [0.1, 0.15) is 11.6 Å². The highest BCUT2D eigenvalue weighted by molar-refractivity contribution is 9.10. The molecule has 0 bridgehead atoms. The van der Waals surface area contributed by atoms with E-state index in [1.807, 2.05) is 7.05 Å². The van der Waals surface area contributed by atoms with Crippen molar-refractivity contribution in [1.29, 1.82) is 0 Å². The molecule has 1 heterocycles. The second-order valence-corrected chi connectivity index (χ2v) is 5.44. The maximum Gasteiger partial charge on any atom is 0.137 e. The van der Waals surface area contributed by atoms with Gasteiger partial charge in [0.2, 0.25) is 0 Å². The second kappa shape index (κ2) is 4.63. The van der Waals surface area contributed by atoms with Gasteiger partial charge in [-0.3, -0.25) is 0 Å². The van der Waals surface area contributed by atoms with Crippen molar-refractivity contribution in [3.63, 3.8) is 0 Å². The fraction of sp³-hybridized carbons (Fsp3) is 0.500. The number of halogens is 3. The van der Waals surface area contributed by atoms with E-state index in [9.17, 15) is 13.9 Å². The lowest BCUT2D eigenvalue weighted by molar-refractivity contribution is -0.0232. The van der Waals surface area contributed by atoms with Gasteiger partial charge in [-0.05, 0) is 48.0 Å². The fourth-order valence-electron chi connectivity index (χ4n) is 2.14. The van der Waals surface area contributed by atoms with Gasteiger partial charge in [0.15, 0.2) is 0 Å². The first-order chi connectivity index (χ1) is 7.92. The number of likely N-dealkylation sites (tertiary alicyclic amines) is 1. The Hall–Kier alpha value is -0.520. The summed E-state index contributed by atoms with van der Waals surface area (Å²) in [6.07, 6.45) is 0.836. The van der Waals surface area contributed by atoms with E-state index < -0.39 is 17.2 Å². The number of hydrogen-bond acceptors (Lipinski definition) is 2. The van der Waals surface area contributed by atoms with E-state index in [1.165, 1.54) is 0 Å². The predicted molar refractivity (Wildman–Crippen MR) is 64.7 cm³/mol. The van der Waals surface area contributed by atoms with Crippen LogP contribution in [0.25, 0.3) is 0 Å². The largest absolute Gasteiger partial charge is 0.385 e. The van der Waals surface area contributed by atoms with E-state index >= 15 is 0 Å². The molecule has 0 unspecified atom stereocenters. The van der Waals surface area contributed by atoms with Crippen molar-refractivity contribution in [2.75, 3.05) is 20.1 Å².